The fourth-order valence-corrected chi connectivity index (χ4v) is 2.24. The summed E-state index contributed by atoms with van der Waals surface area (Å²) in [5.74, 6) is -0.548. The van der Waals surface area contributed by atoms with Gasteiger partial charge in [0.05, 0.1) is 5.69 Å². The second-order valence-electron chi connectivity index (χ2n) is 4.03. The number of hydrogen-bond acceptors (Lipinski definition) is 3. The van der Waals surface area contributed by atoms with Gasteiger partial charge in [0, 0.05) is 11.0 Å². The van der Waals surface area contributed by atoms with Gasteiger partial charge in [-0.3, -0.25) is 10.1 Å². The fourth-order valence-electron chi connectivity index (χ4n) is 1.42. The van der Waals surface area contributed by atoms with E-state index in [0.29, 0.717) is 5.13 Å². The fraction of sp³-hybridized carbons (Fsp3) is 0.143. The molecule has 0 saturated heterocycles. The molecule has 2 rings (SSSR count). The van der Waals surface area contributed by atoms with Gasteiger partial charge in [-0.25, -0.2) is 9.37 Å². The van der Waals surface area contributed by atoms with Gasteiger partial charge in [0.25, 0.3) is 0 Å². The summed E-state index contributed by atoms with van der Waals surface area (Å²) in [4.78, 5) is 17.0. The van der Waals surface area contributed by atoms with E-state index in [0.717, 1.165) is 16.1 Å². The highest BCUT2D eigenvalue weighted by atomic mass is 32.1. The minimum absolute atomic E-state index is 0.252. The minimum Gasteiger partial charge on any atom is -0.298 e. The lowest BCUT2D eigenvalue weighted by atomic mass is 10.2. The predicted molar refractivity (Wildman–Crippen MR) is 75.7 cm³/mol. The molecular formula is C14H13FN2OS. The maximum absolute atomic E-state index is 12.7. The third-order valence-corrected chi connectivity index (χ3v) is 3.54. The molecular weight excluding hydrogens is 263 g/mol. The Hall–Kier alpha value is -2.01. The van der Waals surface area contributed by atoms with Crippen LogP contribution in [0, 0.1) is 19.7 Å². The Balaban J connectivity index is 1.99. The van der Waals surface area contributed by atoms with Crippen molar-refractivity contribution in [1.82, 2.24) is 4.98 Å². The molecule has 0 unspecified atom stereocenters. The van der Waals surface area contributed by atoms with Crippen LogP contribution in [0.25, 0.3) is 6.08 Å². The van der Waals surface area contributed by atoms with E-state index < -0.39 is 0 Å². The van der Waals surface area contributed by atoms with Crippen molar-refractivity contribution < 1.29 is 9.18 Å². The zero-order valence-electron chi connectivity index (χ0n) is 10.6. The number of benzene rings is 1. The van der Waals surface area contributed by atoms with Gasteiger partial charge in [-0.05, 0) is 37.6 Å². The molecule has 0 fully saturated rings. The van der Waals surface area contributed by atoms with E-state index in [1.54, 1.807) is 18.2 Å². The van der Waals surface area contributed by atoms with Crippen LogP contribution in [-0.2, 0) is 4.79 Å². The largest absolute Gasteiger partial charge is 0.298 e. The Morgan fingerprint density at radius 3 is 2.58 bits per heavy atom. The van der Waals surface area contributed by atoms with Crippen LogP contribution in [-0.4, -0.2) is 10.9 Å². The third kappa shape index (κ3) is 3.72. The number of carbonyl (C=O) groups excluding carboxylic acids is 1. The van der Waals surface area contributed by atoms with E-state index in [-0.39, 0.29) is 11.7 Å². The Morgan fingerprint density at radius 2 is 2.00 bits per heavy atom. The van der Waals surface area contributed by atoms with E-state index >= 15 is 0 Å². The molecule has 0 atom stereocenters. The monoisotopic (exact) mass is 276 g/mol. The Labute approximate surface area is 114 Å². The summed E-state index contributed by atoms with van der Waals surface area (Å²) in [5, 5.41) is 3.28. The van der Waals surface area contributed by atoms with Crippen LogP contribution in [0.1, 0.15) is 16.1 Å². The van der Waals surface area contributed by atoms with Crippen LogP contribution >= 0.6 is 11.3 Å². The first kappa shape index (κ1) is 13.4. The van der Waals surface area contributed by atoms with Gasteiger partial charge in [0.2, 0.25) is 5.91 Å². The van der Waals surface area contributed by atoms with Crippen LogP contribution in [0.5, 0.6) is 0 Å². The van der Waals surface area contributed by atoms with Gasteiger partial charge in [0.1, 0.15) is 5.82 Å². The zero-order valence-corrected chi connectivity index (χ0v) is 11.4. The van der Waals surface area contributed by atoms with E-state index in [4.69, 9.17) is 0 Å². The van der Waals surface area contributed by atoms with Crippen molar-refractivity contribution in [3.05, 3.63) is 52.3 Å². The first-order valence-electron chi connectivity index (χ1n) is 5.73. The lowest BCUT2D eigenvalue weighted by Crippen LogP contribution is -2.07. The van der Waals surface area contributed by atoms with Gasteiger partial charge in [-0.2, -0.15) is 0 Å². The molecule has 3 nitrogen and oxygen atoms in total. The maximum Gasteiger partial charge on any atom is 0.250 e. The summed E-state index contributed by atoms with van der Waals surface area (Å²) in [6.07, 6.45) is 3.03. The molecule has 0 bridgehead atoms. The number of nitrogens with one attached hydrogen (secondary N) is 1. The SMILES string of the molecule is Cc1nc(NC(=O)/C=C/c2ccc(F)cc2)sc1C. The summed E-state index contributed by atoms with van der Waals surface area (Å²) in [6.45, 7) is 3.85. The van der Waals surface area contributed by atoms with E-state index in [1.165, 1.54) is 29.5 Å². The molecule has 0 aliphatic heterocycles. The molecule has 0 aliphatic rings. The van der Waals surface area contributed by atoms with Gasteiger partial charge < -0.3 is 0 Å². The molecule has 0 saturated carbocycles. The van der Waals surface area contributed by atoms with Crippen molar-refractivity contribution in [1.29, 1.82) is 0 Å². The summed E-state index contributed by atoms with van der Waals surface area (Å²) in [7, 11) is 0. The molecule has 0 radical (unpaired) electrons. The summed E-state index contributed by atoms with van der Waals surface area (Å²) < 4.78 is 12.7. The summed E-state index contributed by atoms with van der Waals surface area (Å²) >= 11 is 1.44. The van der Waals surface area contributed by atoms with Crippen LogP contribution < -0.4 is 5.32 Å². The topological polar surface area (TPSA) is 42.0 Å². The molecule has 5 heteroatoms. The Bertz CT molecular complexity index is 597. The molecule has 19 heavy (non-hydrogen) atoms. The molecule has 2 aromatic rings. The number of halogens is 1. The molecule has 98 valence electrons. The van der Waals surface area contributed by atoms with Gasteiger partial charge >= 0.3 is 0 Å². The molecule has 0 spiro atoms. The summed E-state index contributed by atoms with van der Waals surface area (Å²) in [5.41, 5.74) is 1.69. The Kier molecular flexibility index (Phi) is 4.06. The number of hydrogen-bond donors (Lipinski definition) is 1. The van der Waals surface area contributed by atoms with Crippen LogP contribution in [0.2, 0.25) is 0 Å². The van der Waals surface area contributed by atoms with Crippen molar-refractivity contribution in [2.24, 2.45) is 0 Å². The van der Waals surface area contributed by atoms with E-state index in [2.05, 4.69) is 10.3 Å². The molecule has 1 aromatic carbocycles. The van der Waals surface area contributed by atoms with Crippen molar-refractivity contribution in [2.45, 2.75) is 13.8 Å². The molecule has 1 heterocycles. The first-order valence-corrected chi connectivity index (χ1v) is 6.55. The van der Waals surface area contributed by atoms with E-state index in [1.807, 2.05) is 13.8 Å². The molecule has 0 aliphatic carbocycles. The van der Waals surface area contributed by atoms with Crippen LogP contribution in [0.4, 0.5) is 9.52 Å². The second-order valence-corrected chi connectivity index (χ2v) is 5.24. The van der Waals surface area contributed by atoms with E-state index in [9.17, 15) is 9.18 Å². The maximum atomic E-state index is 12.7. The van der Waals surface area contributed by atoms with Crippen molar-refractivity contribution in [2.75, 3.05) is 5.32 Å². The first-order chi connectivity index (χ1) is 9.04. The number of thiazole rings is 1. The number of aromatic nitrogens is 1. The number of carbonyl (C=O) groups is 1. The smallest absolute Gasteiger partial charge is 0.250 e. The van der Waals surface area contributed by atoms with Crippen molar-refractivity contribution in [3.8, 4) is 0 Å². The summed E-state index contributed by atoms with van der Waals surface area (Å²) in [6, 6.07) is 5.92. The number of nitrogens with zero attached hydrogens (tertiary/aromatic N) is 1. The number of anilines is 1. The lowest BCUT2D eigenvalue weighted by molar-refractivity contribution is -0.111. The normalized spacial score (nSPS) is 10.9. The second kappa shape index (κ2) is 5.75. The standard InChI is InChI=1S/C14H13FN2OS/c1-9-10(2)19-14(16-9)17-13(18)8-5-11-3-6-12(15)7-4-11/h3-8H,1-2H3,(H,16,17,18)/b8-5+. The van der Waals surface area contributed by atoms with Gasteiger partial charge in [-0.1, -0.05) is 12.1 Å². The minimum atomic E-state index is -0.296. The molecule has 1 N–H and O–H groups in total. The molecule has 1 aromatic heterocycles. The Morgan fingerprint density at radius 1 is 1.32 bits per heavy atom. The number of rotatable bonds is 3. The third-order valence-electron chi connectivity index (χ3n) is 2.56. The average molecular weight is 276 g/mol. The average Bonchev–Trinajstić information content (AvgIpc) is 2.67. The number of aryl methyl sites for hydroxylation is 2. The quantitative estimate of drug-likeness (QED) is 0.871. The van der Waals surface area contributed by atoms with Crippen molar-refractivity contribution >= 4 is 28.5 Å². The molecule has 1 amide bonds. The van der Waals surface area contributed by atoms with Gasteiger partial charge in [0.15, 0.2) is 5.13 Å². The van der Waals surface area contributed by atoms with Crippen LogP contribution in [0.3, 0.4) is 0 Å². The van der Waals surface area contributed by atoms with Crippen LogP contribution in [0.15, 0.2) is 30.3 Å². The predicted octanol–water partition coefficient (Wildman–Crippen LogP) is 3.55. The zero-order chi connectivity index (χ0) is 13.8. The highest BCUT2D eigenvalue weighted by molar-refractivity contribution is 7.15. The van der Waals surface area contributed by atoms with Gasteiger partial charge in [-0.15, -0.1) is 11.3 Å². The van der Waals surface area contributed by atoms with Crippen molar-refractivity contribution in [3.63, 3.8) is 0 Å². The highest BCUT2D eigenvalue weighted by Gasteiger charge is 2.05. The lowest BCUT2D eigenvalue weighted by Gasteiger charge is -1.96. The highest BCUT2D eigenvalue weighted by Crippen LogP contribution is 2.20. The number of amides is 1.